The van der Waals surface area contributed by atoms with Crippen molar-refractivity contribution in [1.29, 1.82) is 0 Å². The Labute approximate surface area is 164 Å². The number of amides is 1. The minimum atomic E-state index is -3.80. The van der Waals surface area contributed by atoms with Crippen molar-refractivity contribution in [3.8, 4) is 5.75 Å². The molecule has 1 heterocycles. The molecule has 1 amide bonds. The molecule has 1 N–H and O–H groups in total. The van der Waals surface area contributed by atoms with Crippen LogP contribution in [0.5, 0.6) is 5.75 Å². The topological polar surface area (TPSA) is 92.8 Å². The number of hydrogen-bond donors (Lipinski definition) is 1. The van der Waals surface area contributed by atoms with Gasteiger partial charge in [0.15, 0.2) is 5.78 Å². The van der Waals surface area contributed by atoms with E-state index in [0.29, 0.717) is 29.8 Å². The summed E-state index contributed by atoms with van der Waals surface area (Å²) in [7, 11) is -2.29. The van der Waals surface area contributed by atoms with Crippen LogP contribution in [0, 0.1) is 0 Å². The second kappa shape index (κ2) is 8.12. The zero-order valence-electron chi connectivity index (χ0n) is 15.7. The standard InChI is InChI=1S/C20H22N2O5S/c1-14(23)15-5-7-16(8-6-15)21-20(24)19-4-3-13-22(19)28(25,26)18-11-9-17(27-2)10-12-18/h5-12,19H,3-4,13H2,1-2H3,(H,21,24)/t19-/m1/s1. The van der Waals surface area contributed by atoms with E-state index >= 15 is 0 Å². The Bertz CT molecular complexity index is 969. The second-order valence-corrected chi connectivity index (χ2v) is 8.46. The summed E-state index contributed by atoms with van der Waals surface area (Å²) in [6.07, 6.45) is 1.06. The average Bonchev–Trinajstić information content (AvgIpc) is 3.19. The number of anilines is 1. The third-order valence-corrected chi connectivity index (χ3v) is 6.65. The van der Waals surface area contributed by atoms with E-state index in [9.17, 15) is 18.0 Å². The fourth-order valence-electron chi connectivity index (χ4n) is 3.19. The number of nitrogens with one attached hydrogen (secondary N) is 1. The summed E-state index contributed by atoms with van der Waals surface area (Å²) in [4.78, 5) is 24.2. The Morgan fingerprint density at radius 2 is 1.71 bits per heavy atom. The van der Waals surface area contributed by atoms with E-state index < -0.39 is 16.1 Å². The van der Waals surface area contributed by atoms with E-state index in [0.717, 1.165) is 0 Å². The van der Waals surface area contributed by atoms with Crippen LogP contribution in [0.3, 0.4) is 0 Å². The summed E-state index contributed by atoms with van der Waals surface area (Å²) < 4.78 is 32.3. The van der Waals surface area contributed by atoms with Gasteiger partial charge in [0.05, 0.1) is 12.0 Å². The molecular formula is C20H22N2O5S. The van der Waals surface area contributed by atoms with Crippen molar-refractivity contribution in [2.45, 2.75) is 30.7 Å². The number of benzene rings is 2. The fraction of sp³-hybridized carbons (Fsp3) is 0.300. The highest BCUT2D eigenvalue weighted by Crippen LogP contribution is 2.28. The third kappa shape index (κ3) is 4.07. The number of sulfonamides is 1. The van der Waals surface area contributed by atoms with E-state index in [1.54, 1.807) is 36.4 Å². The highest BCUT2D eigenvalue weighted by molar-refractivity contribution is 7.89. The SMILES string of the molecule is COc1ccc(S(=O)(=O)N2CCC[C@@H]2C(=O)Nc2ccc(C(C)=O)cc2)cc1. The van der Waals surface area contributed by atoms with Gasteiger partial charge in [-0.1, -0.05) is 0 Å². The molecular weight excluding hydrogens is 380 g/mol. The van der Waals surface area contributed by atoms with Crippen LogP contribution in [0.4, 0.5) is 5.69 Å². The lowest BCUT2D eigenvalue weighted by molar-refractivity contribution is -0.119. The van der Waals surface area contributed by atoms with Gasteiger partial charge in [0, 0.05) is 17.8 Å². The second-order valence-electron chi connectivity index (χ2n) is 6.57. The molecule has 0 aromatic heterocycles. The molecule has 7 nitrogen and oxygen atoms in total. The van der Waals surface area contributed by atoms with Crippen molar-refractivity contribution < 1.29 is 22.7 Å². The van der Waals surface area contributed by atoms with Gasteiger partial charge in [-0.05, 0) is 68.3 Å². The molecule has 2 aromatic rings. The molecule has 148 valence electrons. The smallest absolute Gasteiger partial charge is 0.243 e. The highest BCUT2D eigenvalue weighted by atomic mass is 32.2. The van der Waals surface area contributed by atoms with Gasteiger partial charge < -0.3 is 10.1 Å². The molecule has 0 spiro atoms. The number of methoxy groups -OCH3 is 1. The summed E-state index contributed by atoms with van der Waals surface area (Å²) >= 11 is 0. The van der Waals surface area contributed by atoms with Gasteiger partial charge in [-0.25, -0.2) is 8.42 Å². The monoisotopic (exact) mass is 402 g/mol. The van der Waals surface area contributed by atoms with Crippen LogP contribution >= 0.6 is 0 Å². The minimum absolute atomic E-state index is 0.0644. The van der Waals surface area contributed by atoms with Gasteiger partial charge >= 0.3 is 0 Å². The molecule has 1 atom stereocenters. The van der Waals surface area contributed by atoms with E-state index in [1.165, 1.54) is 30.5 Å². The van der Waals surface area contributed by atoms with Crippen molar-refractivity contribution in [3.05, 3.63) is 54.1 Å². The van der Waals surface area contributed by atoms with Crippen molar-refractivity contribution in [1.82, 2.24) is 4.31 Å². The summed E-state index contributed by atoms with van der Waals surface area (Å²) in [5, 5.41) is 2.75. The minimum Gasteiger partial charge on any atom is -0.497 e. The van der Waals surface area contributed by atoms with Crippen molar-refractivity contribution in [3.63, 3.8) is 0 Å². The van der Waals surface area contributed by atoms with Gasteiger partial charge in [-0.15, -0.1) is 0 Å². The molecule has 0 bridgehead atoms. The molecule has 0 saturated carbocycles. The molecule has 1 aliphatic heterocycles. The van der Waals surface area contributed by atoms with Crippen LogP contribution in [0.2, 0.25) is 0 Å². The Morgan fingerprint density at radius 3 is 2.29 bits per heavy atom. The van der Waals surface area contributed by atoms with Crippen molar-refractivity contribution >= 4 is 27.4 Å². The molecule has 28 heavy (non-hydrogen) atoms. The maximum atomic E-state index is 13.0. The van der Waals surface area contributed by atoms with Gasteiger partial charge in [0.2, 0.25) is 15.9 Å². The zero-order valence-corrected chi connectivity index (χ0v) is 16.5. The number of Topliss-reactive ketones (excluding diaryl/α,β-unsaturated/α-hetero) is 1. The van der Waals surface area contributed by atoms with Crippen molar-refractivity contribution in [2.75, 3.05) is 19.0 Å². The van der Waals surface area contributed by atoms with Gasteiger partial charge in [-0.2, -0.15) is 4.31 Å². The fourth-order valence-corrected chi connectivity index (χ4v) is 4.84. The van der Waals surface area contributed by atoms with E-state index in [4.69, 9.17) is 4.74 Å². The number of carbonyl (C=O) groups is 2. The quantitative estimate of drug-likeness (QED) is 0.750. The predicted molar refractivity (Wildman–Crippen MR) is 105 cm³/mol. The van der Waals surface area contributed by atoms with Crippen molar-refractivity contribution in [2.24, 2.45) is 0 Å². The maximum absolute atomic E-state index is 13.0. The van der Waals surface area contributed by atoms with Crippen LogP contribution in [-0.4, -0.2) is 44.1 Å². The van der Waals surface area contributed by atoms with Crippen LogP contribution < -0.4 is 10.1 Å². The summed E-state index contributed by atoms with van der Waals surface area (Å²) in [5.74, 6) is 0.110. The molecule has 0 unspecified atom stereocenters. The predicted octanol–water partition coefficient (Wildman–Crippen LogP) is 2.69. The van der Waals surface area contributed by atoms with Gasteiger partial charge in [-0.3, -0.25) is 9.59 Å². The number of carbonyl (C=O) groups excluding carboxylic acids is 2. The molecule has 3 rings (SSSR count). The number of hydrogen-bond acceptors (Lipinski definition) is 5. The molecule has 0 aliphatic carbocycles. The molecule has 1 saturated heterocycles. The molecule has 1 fully saturated rings. The summed E-state index contributed by atoms with van der Waals surface area (Å²) in [5.41, 5.74) is 1.06. The maximum Gasteiger partial charge on any atom is 0.243 e. The first-order valence-electron chi connectivity index (χ1n) is 8.90. The Kier molecular flexibility index (Phi) is 5.81. The Morgan fingerprint density at radius 1 is 1.07 bits per heavy atom. The first kappa shape index (κ1) is 20.0. The third-order valence-electron chi connectivity index (χ3n) is 4.73. The molecule has 0 radical (unpaired) electrons. The van der Waals surface area contributed by atoms with E-state index in [-0.39, 0.29) is 23.1 Å². The van der Waals surface area contributed by atoms with E-state index in [1.807, 2.05) is 0 Å². The lowest BCUT2D eigenvalue weighted by atomic mass is 10.1. The van der Waals surface area contributed by atoms with Crippen LogP contribution in [0.1, 0.15) is 30.1 Å². The first-order valence-corrected chi connectivity index (χ1v) is 10.3. The number of ether oxygens (including phenoxy) is 1. The summed E-state index contributed by atoms with van der Waals surface area (Å²) in [6, 6.07) is 11.8. The normalized spacial score (nSPS) is 17.3. The summed E-state index contributed by atoms with van der Waals surface area (Å²) in [6.45, 7) is 1.75. The number of rotatable bonds is 6. The first-order chi connectivity index (χ1) is 13.3. The average molecular weight is 402 g/mol. The Hall–Kier alpha value is -2.71. The van der Waals surface area contributed by atoms with Crippen LogP contribution in [0.15, 0.2) is 53.4 Å². The van der Waals surface area contributed by atoms with Gasteiger partial charge in [0.1, 0.15) is 11.8 Å². The van der Waals surface area contributed by atoms with Crippen LogP contribution in [-0.2, 0) is 14.8 Å². The van der Waals surface area contributed by atoms with Crippen LogP contribution in [0.25, 0.3) is 0 Å². The lowest BCUT2D eigenvalue weighted by Gasteiger charge is -2.23. The lowest BCUT2D eigenvalue weighted by Crippen LogP contribution is -2.43. The number of nitrogens with zero attached hydrogens (tertiary/aromatic N) is 1. The van der Waals surface area contributed by atoms with Gasteiger partial charge in [0.25, 0.3) is 0 Å². The number of ketones is 1. The van der Waals surface area contributed by atoms with E-state index in [2.05, 4.69) is 5.32 Å². The Balaban J connectivity index is 1.77. The highest BCUT2D eigenvalue weighted by Gasteiger charge is 2.39. The largest absolute Gasteiger partial charge is 0.497 e. The molecule has 1 aliphatic rings. The zero-order chi connectivity index (χ0) is 20.3. The molecule has 8 heteroatoms. The molecule has 2 aromatic carbocycles.